The lowest BCUT2D eigenvalue weighted by Gasteiger charge is -2.37. The van der Waals surface area contributed by atoms with Gasteiger partial charge in [0, 0.05) is 37.9 Å². The minimum absolute atomic E-state index is 0.659. The number of pyridine rings is 1. The molecular weight excluding hydrogens is 210 g/mol. The molecule has 1 aromatic heterocycles. The first-order valence-electron chi connectivity index (χ1n) is 6.65. The minimum Gasteiger partial charge on any atom is -0.354 e. The average Bonchev–Trinajstić information content (AvgIpc) is 2.39. The Labute approximate surface area is 104 Å². The molecule has 0 saturated carbocycles. The molecule has 0 aliphatic carbocycles. The molecule has 94 valence electrons. The second-order valence-corrected chi connectivity index (χ2v) is 4.96. The number of hydrogen-bond acceptors (Lipinski definition) is 3. The predicted molar refractivity (Wildman–Crippen MR) is 72.5 cm³/mol. The van der Waals surface area contributed by atoms with E-state index in [-0.39, 0.29) is 0 Å². The summed E-state index contributed by atoms with van der Waals surface area (Å²) in [6.45, 7) is 11.2. The summed E-state index contributed by atoms with van der Waals surface area (Å²) in [6.07, 6.45) is 1.01. The molecule has 0 atom stereocenters. The van der Waals surface area contributed by atoms with Crippen LogP contribution in [-0.2, 0) is 6.42 Å². The van der Waals surface area contributed by atoms with Gasteiger partial charge in [0.1, 0.15) is 5.82 Å². The SMILES string of the molecule is CCc1cccc(N2CCN(C(C)C)CC2)n1. The van der Waals surface area contributed by atoms with Gasteiger partial charge in [-0.25, -0.2) is 4.98 Å². The number of anilines is 1. The van der Waals surface area contributed by atoms with Crippen LogP contribution in [0.2, 0.25) is 0 Å². The van der Waals surface area contributed by atoms with Gasteiger partial charge < -0.3 is 4.90 Å². The molecule has 0 amide bonds. The fourth-order valence-electron chi connectivity index (χ4n) is 2.31. The van der Waals surface area contributed by atoms with E-state index in [0.717, 1.165) is 38.4 Å². The van der Waals surface area contributed by atoms with Gasteiger partial charge in [-0.05, 0) is 32.4 Å². The third-order valence-corrected chi connectivity index (χ3v) is 3.52. The molecule has 2 heterocycles. The van der Waals surface area contributed by atoms with Crippen LogP contribution < -0.4 is 4.90 Å². The quantitative estimate of drug-likeness (QED) is 0.797. The molecule has 0 unspecified atom stereocenters. The molecule has 3 nitrogen and oxygen atoms in total. The maximum absolute atomic E-state index is 4.69. The van der Waals surface area contributed by atoms with Crippen molar-refractivity contribution in [3.8, 4) is 0 Å². The Balaban J connectivity index is 2.00. The predicted octanol–water partition coefficient (Wildman–Crippen LogP) is 2.17. The van der Waals surface area contributed by atoms with Gasteiger partial charge >= 0.3 is 0 Å². The number of piperazine rings is 1. The van der Waals surface area contributed by atoms with Crippen molar-refractivity contribution in [3.63, 3.8) is 0 Å². The van der Waals surface area contributed by atoms with Crippen LogP contribution in [0.1, 0.15) is 26.5 Å². The van der Waals surface area contributed by atoms with Crippen LogP contribution in [0.3, 0.4) is 0 Å². The highest BCUT2D eigenvalue weighted by atomic mass is 15.3. The standard InChI is InChI=1S/C14H23N3/c1-4-13-6-5-7-14(15-13)17-10-8-16(9-11-17)12(2)3/h5-7,12H,4,8-11H2,1-3H3. The maximum Gasteiger partial charge on any atom is 0.128 e. The van der Waals surface area contributed by atoms with E-state index >= 15 is 0 Å². The Hall–Kier alpha value is -1.09. The first kappa shape index (κ1) is 12.4. The molecular formula is C14H23N3. The van der Waals surface area contributed by atoms with Crippen molar-refractivity contribution < 1.29 is 0 Å². The molecule has 2 rings (SSSR count). The second-order valence-electron chi connectivity index (χ2n) is 4.96. The molecule has 0 aromatic carbocycles. The monoisotopic (exact) mass is 233 g/mol. The lowest BCUT2D eigenvalue weighted by atomic mass is 10.2. The molecule has 0 spiro atoms. The van der Waals surface area contributed by atoms with Crippen molar-refractivity contribution in [1.82, 2.24) is 9.88 Å². The summed E-state index contributed by atoms with van der Waals surface area (Å²) >= 11 is 0. The number of hydrogen-bond donors (Lipinski definition) is 0. The van der Waals surface area contributed by atoms with Crippen LogP contribution in [0.15, 0.2) is 18.2 Å². The lowest BCUT2D eigenvalue weighted by molar-refractivity contribution is 0.209. The Morgan fingerprint density at radius 1 is 1.18 bits per heavy atom. The Kier molecular flexibility index (Phi) is 4.00. The fourth-order valence-corrected chi connectivity index (χ4v) is 2.31. The van der Waals surface area contributed by atoms with E-state index in [1.807, 2.05) is 0 Å². The van der Waals surface area contributed by atoms with Gasteiger partial charge in [-0.1, -0.05) is 13.0 Å². The van der Waals surface area contributed by atoms with Crippen LogP contribution in [0.4, 0.5) is 5.82 Å². The van der Waals surface area contributed by atoms with Crippen molar-refractivity contribution in [1.29, 1.82) is 0 Å². The van der Waals surface area contributed by atoms with Crippen LogP contribution in [0.25, 0.3) is 0 Å². The van der Waals surface area contributed by atoms with E-state index in [0.29, 0.717) is 6.04 Å². The van der Waals surface area contributed by atoms with Crippen LogP contribution >= 0.6 is 0 Å². The van der Waals surface area contributed by atoms with E-state index < -0.39 is 0 Å². The Bertz CT molecular complexity index is 354. The van der Waals surface area contributed by atoms with E-state index in [1.54, 1.807) is 0 Å². The van der Waals surface area contributed by atoms with Gasteiger partial charge in [0.25, 0.3) is 0 Å². The van der Waals surface area contributed by atoms with E-state index in [9.17, 15) is 0 Å². The maximum atomic E-state index is 4.69. The molecule has 0 N–H and O–H groups in total. The summed E-state index contributed by atoms with van der Waals surface area (Å²) in [7, 11) is 0. The fraction of sp³-hybridized carbons (Fsp3) is 0.643. The summed E-state index contributed by atoms with van der Waals surface area (Å²) in [5.74, 6) is 1.15. The second kappa shape index (κ2) is 5.50. The lowest BCUT2D eigenvalue weighted by Crippen LogP contribution is -2.49. The zero-order chi connectivity index (χ0) is 12.3. The number of aryl methyl sites for hydroxylation is 1. The smallest absolute Gasteiger partial charge is 0.128 e. The highest BCUT2D eigenvalue weighted by molar-refractivity contribution is 5.39. The van der Waals surface area contributed by atoms with E-state index in [4.69, 9.17) is 4.98 Å². The molecule has 1 aliphatic rings. The topological polar surface area (TPSA) is 19.4 Å². The van der Waals surface area contributed by atoms with Crippen molar-refractivity contribution in [2.75, 3.05) is 31.1 Å². The van der Waals surface area contributed by atoms with Gasteiger partial charge in [0.05, 0.1) is 0 Å². The minimum atomic E-state index is 0.659. The van der Waals surface area contributed by atoms with Crippen molar-refractivity contribution >= 4 is 5.82 Å². The molecule has 0 bridgehead atoms. The van der Waals surface area contributed by atoms with Gasteiger partial charge in [-0.3, -0.25) is 4.90 Å². The third kappa shape index (κ3) is 2.97. The summed E-state index contributed by atoms with van der Waals surface area (Å²) < 4.78 is 0. The van der Waals surface area contributed by atoms with Crippen LogP contribution in [0.5, 0.6) is 0 Å². The third-order valence-electron chi connectivity index (χ3n) is 3.52. The molecule has 0 radical (unpaired) electrons. The molecule has 1 fully saturated rings. The van der Waals surface area contributed by atoms with Gasteiger partial charge in [-0.15, -0.1) is 0 Å². The van der Waals surface area contributed by atoms with Crippen molar-refractivity contribution in [2.45, 2.75) is 33.2 Å². The molecule has 1 saturated heterocycles. The molecule has 17 heavy (non-hydrogen) atoms. The summed E-state index contributed by atoms with van der Waals surface area (Å²) in [5, 5.41) is 0. The normalized spacial score (nSPS) is 17.8. The summed E-state index contributed by atoms with van der Waals surface area (Å²) in [5.41, 5.74) is 1.19. The van der Waals surface area contributed by atoms with Crippen LogP contribution in [-0.4, -0.2) is 42.1 Å². The Morgan fingerprint density at radius 3 is 2.47 bits per heavy atom. The average molecular weight is 233 g/mol. The molecule has 1 aliphatic heterocycles. The van der Waals surface area contributed by atoms with Gasteiger partial charge in [0.2, 0.25) is 0 Å². The van der Waals surface area contributed by atoms with E-state index in [1.165, 1.54) is 5.69 Å². The zero-order valence-corrected chi connectivity index (χ0v) is 11.2. The summed E-state index contributed by atoms with van der Waals surface area (Å²) in [4.78, 5) is 9.62. The highest BCUT2D eigenvalue weighted by Crippen LogP contribution is 2.15. The first-order valence-corrected chi connectivity index (χ1v) is 6.65. The van der Waals surface area contributed by atoms with Crippen molar-refractivity contribution in [2.24, 2.45) is 0 Å². The highest BCUT2D eigenvalue weighted by Gasteiger charge is 2.19. The van der Waals surface area contributed by atoms with E-state index in [2.05, 4.69) is 48.8 Å². The molecule has 3 heteroatoms. The zero-order valence-electron chi connectivity index (χ0n) is 11.2. The van der Waals surface area contributed by atoms with Crippen molar-refractivity contribution in [3.05, 3.63) is 23.9 Å². The molecule has 1 aromatic rings. The number of aromatic nitrogens is 1. The number of nitrogens with zero attached hydrogens (tertiary/aromatic N) is 3. The Morgan fingerprint density at radius 2 is 1.88 bits per heavy atom. The van der Waals surface area contributed by atoms with Crippen LogP contribution in [0, 0.1) is 0 Å². The van der Waals surface area contributed by atoms with Gasteiger partial charge in [-0.2, -0.15) is 0 Å². The summed E-state index contributed by atoms with van der Waals surface area (Å²) in [6, 6.07) is 7.01. The first-order chi connectivity index (χ1) is 8.20. The number of rotatable bonds is 3. The largest absolute Gasteiger partial charge is 0.354 e. The van der Waals surface area contributed by atoms with Gasteiger partial charge in [0.15, 0.2) is 0 Å².